The Kier molecular flexibility index (Phi) is 4.49. The van der Waals surface area contributed by atoms with Crippen LogP contribution in [0.5, 0.6) is 0 Å². The van der Waals surface area contributed by atoms with Gasteiger partial charge in [-0.1, -0.05) is 0 Å². The molecule has 0 amide bonds. The summed E-state index contributed by atoms with van der Waals surface area (Å²) < 4.78 is 36.9. The first kappa shape index (κ1) is 15.9. The molecule has 3 rings (SSSR count). The van der Waals surface area contributed by atoms with Crippen molar-refractivity contribution in [2.45, 2.75) is 25.6 Å². The van der Waals surface area contributed by atoms with Crippen LogP contribution in [0.4, 0.5) is 0 Å². The maximum atomic E-state index is 11.9. The van der Waals surface area contributed by atoms with Crippen LogP contribution in [-0.2, 0) is 26.1 Å². The first-order valence-electron chi connectivity index (χ1n) is 7.64. The van der Waals surface area contributed by atoms with Gasteiger partial charge >= 0.3 is 0 Å². The van der Waals surface area contributed by atoms with Crippen LogP contribution >= 0.6 is 0 Å². The van der Waals surface area contributed by atoms with Crippen LogP contribution < -0.4 is 0 Å². The van der Waals surface area contributed by atoms with Gasteiger partial charge in [-0.15, -0.1) is 0 Å². The van der Waals surface area contributed by atoms with Crippen LogP contribution in [0.25, 0.3) is 0 Å². The molecule has 22 heavy (non-hydrogen) atoms. The SMILES string of the molecule is CCS(=O)(=O)N1CC2(C1)OCC[C@H]2COCc1ccncc1. The van der Waals surface area contributed by atoms with Crippen molar-refractivity contribution in [2.24, 2.45) is 5.92 Å². The molecule has 0 saturated carbocycles. The molecule has 0 radical (unpaired) electrons. The molecule has 6 nitrogen and oxygen atoms in total. The molecule has 0 aliphatic carbocycles. The number of nitrogens with zero attached hydrogens (tertiary/aromatic N) is 2. The molecule has 0 aromatic carbocycles. The molecule has 122 valence electrons. The molecule has 1 spiro atoms. The van der Waals surface area contributed by atoms with Gasteiger partial charge in [0.1, 0.15) is 5.60 Å². The van der Waals surface area contributed by atoms with Gasteiger partial charge in [0.2, 0.25) is 10.0 Å². The topological polar surface area (TPSA) is 68.7 Å². The highest BCUT2D eigenvalue weighted by atomic mass is 32.2. The summed E-state index contributed by atoms with van der Waals surface area (Å²) >= 11 is 0. The number of hydrogen-bond donors (Lipinski definition) is 0. The number of aromatic nitrogens is 1. The van der Waals surface area contributed by atoms with E-state index in [-0.39, 0.29) is 17.3 Å². The van der Waals surface area contributed by atoms with E-state index < -0.39 is 10.0 Å². The Hall–Kier alpha value is -1.02. The van der Waals surface area contributed by atoms with Gasteiger partial charge in [0.15, 0.2) is 0 Å². The van der Waals surface area contributed by atoms with Crippen molar-refractivity contribution in [2.75, 3.05) is 32.1 Å². The first-order chi connectivity index (χ1) is 10.6. The van der Waals surface area contributed by atoms with E-state index in [4.69, 9.17) is 9.47 Å². The van der Waals surface area contributed by atoms with E-state index >= 15 is 0 Å². The van der Waals surface area contributed by atoms with Crippen molar-refractivity contribution in [3.05, 3.63) is 30.1 Å². The van der Waals surface area contributed by atoms with E-state index in [9.17, 15) is 8.42 Å². The van der Waals surface area contributed by atoms with Gasteiger partial charge in [0.25, 0.3) is 0 Å². The van der Waals surface area contributed by atoms with E-state index in [0.717, 1.165) is 12.0 Å². The second-order valence-corrected chi connectivity index (χ2v) is 8.20. The lowest BCUT2D eigenvalue weighted by Crippen LogP contribution is -2.66. The highest BCUT2D eigenvalue weighted by molar-refractivity contribution is 7.89. The number of sulfonamides is 1. The summed E-state index contributed by atoms with van der Waals surface area (Å²) in [6.07, 6.45) is 4.42. The third kappa shape index (κ3) is 3.03. The maximum Gasteiger partial charge on any atom is 0.214 e. The Balaban J connectivity index is 1.52. The average Bonchev–Trinajstić information content (AvgIpc) is 2.91. The van der Waals surface area contributed by atoms with Crippen molar-refractivity contribution in [3.8, 4) is 0 Å². The molecule has 3 heterocycles. The molecule has 2 aliphatic rings. The zero-order valence-corrected chi connectivity index (χ0v) is 13.6. The summed E-state index contributed by atoms with van der Waals surface area (Å²) in [6.45, 7) is 4.43. The third-order valence-corrected chi connectivity index (χ3v) is 6.36. The summed E-state index contributed by atoms with van der Waals surface area (Å²) in [7, 11) is -3.11. The Bertz CT molecular complexity index is 599. The highest BCUT2D eigenvalue weighted by Gasteiger charge is 2.55. The van der Waals surface area contributed by atoms with Crippen molar-refractivity contribution < 1.29 is 17.9 Å². The van der Waals surface area contributed by atoms with Gasteiger partial charge in [0.05, 0.1) is 19.0 Å². The van der Waals surface area contributed by atoms with E-state index in [2.05, 4.69) is 4.98 Å². The van der Waals surface area contributed by atoms with Crippen molar-refractivity contribution in [3.63, 3.8) is 0 Å². The summed E-state index contributed by atoms with van der Waals surface area (Å²) in [5.41, 5.74) is 0.757. The minimum Gasteiger partial charge on any atom is -0.376 e. The smallest absolute Gasteiger partial charge is 0.214 e. The molecule has 2 saturated heterocycles. The van der Waals surface area contributed by atoms with E-state index in [0.29, 0.717) is 32.9 Å². The van der Waals surface area contributed by atoms with Crippen molar-refractivity contribution >= 4 is 10.0 Å². The predicted molar refractivity (Wildman–Crippen MR) is 81.7 cm³/mol. The molecule has 1 atom stereocenters. The van der Waals surface area contributed by atoms with E-state index in [1.807, 2.05) is 12.1 Å². The standard InChI is InChI=1S/C15H22N2O4S/c1-2-22(18,19)17-11-15(12-17)14(5-8-21-15)10-20-9-13-3-6-16-7-4-13/h3-4,6-7,14H,2,5,8-12H2,1H3/t14-/m0/s1. The summed E-state index contributed by atoms with van der Waals surface area (Å²) in [4.78, 5) is 3.98. The maximum absolute atomic E-state index is 11.9. The quantitative estimate of drug-likeness (QED) is 0.781. The van der Waals surface area contributed by atoms with Crippen LogP contribution in [0, 0.1) is 5.92 Å². The van der Waals surface area contributed by atoms with Crippen molar-refractivity contribution in [1.29, 1.82) is 0 Å². The Morgan fingerprint density at radius 3 is 2.82 bits per heavy atom. The van der Waals surface area contributed by atoms with E-state index in [1.54, 1.807) is 19.3 Å². The first-order valence-corrected chi connectivity index (χ1v) is 9.25. The molecule has 1 aromatic heterocycles. The van der Waals surface area contributed by atoms with Crippen LogP contribution in [0.2, 0.25) is 0 Å². The van der Waals surface area contributed by atoms with Crippen LogP contribution in [0.1, 0.15) is 18.9 Å². The second kappa shape index (κ2) is 6.23. The lowest BCUT2D eigenvalue weighted by Gasteiger charge is -2.49. The molecule has 1 aromatic rings. The summed E-state index contributed by atoms with van der Waals surface area (Å²) in [5, 5.41) is 0. The molecule has 0 N–H and O–H groups in total. The largest absolute Gasteiger partial charge is 0.376 e. The fraction of sp³-hybridized carbons (Fsp3) is 0.667. The van der Waals surface area contributed by atoms with Gasteiger partial charge in [-0.25, -0.2) is 8.42 Å². The molecule has 7 heteroatoms. The molecule has 0 bridgehead atoms. The lowest BCUT2D eigenvalue weighted by molar-refractivity contribution is -0.115. The fourth-order valence-corrected chi connectivity index (χ4v) is 4.29. The normalized spacial score (nSPS) is 24.5. The monoisotopic (exact) mass is 326 g/mol. The number of rotatable bonds is 6. The van der Waals surface area contributed by atoms with Crippen molar-refractivity contribution in [1.82, 2.24) is 9.29 Å². The zero-order valence-electron chi connectivity index (χ0n) is 12.8. The van der Waals surface area contributed by atoms with Gasteiger partial charge in [-0.3, -0.25) is 4.98 Å². The minimum atomic E-state index is -3.11. The lowest BCUT2D eigenvalue weighted by atomic mass is 9.83. The van der Waals surface area contributed by atoms with Crippen LogP contribution in [-0.4, -0.2) is 55.4 Å². The predicted octanol–water partition coefficient (Wildman–Crippen LogP) is 1.04. The van der Waals surface area contributed by atoms with E-state index in [1.165, 1.54) is 4.31 Å². The Labute approximate surface area is 131 Å². The highest BCUT2D eigenvalue weighted by Crippen LogP contribution is 2.41. The second-order valence-electron chi connectivity index (χ2n) is 5.94. The molecule has 2 aliphatic heterocycles. The summed E-state index contributed by atoms with van der Waals surface area (Å²) in [5.74, 6) is 0.407. The zero-order chi connectivity index (χ0) is 15.6. The average molecular weight is 326 g/mol. The third-order valence-electron chi connectivity index (χ3n) is 4.58. The van der Waals surface area contributed by atoms with Gasteiger partial charge < -0.3 is 9.47 Å². The molecular weight excluding hydrogens is 304 g/mol. The fourth-order valence-electron chi connectivity index (χ4n) is 3.10. The molecule has 0 unspecified atom stereocenters. The molecular formula is C15H22N2O4S. The number of pyridine rings is 1. The van der Waals surface area contributed by atoms with Crippen LogP contribution in [0.3, 0.4) is 0 Å². The minimum absolute atomic E-state index is 0.145. The van der Waals surface area contributed by atoms with Gasteiger partial charge in [0, 0.05) is 38.0 Å². The number of hydrogen-bond acceptors (Lipinski definition) is 5. The Morgan fingerprint density at radius 1 is 1.41 bits per heavy atom. The summed E-state index contributed by atoms with van der Waals surface area (Å²) in [6, 6.07) is 3.86. The number of ether oxygens (including phenoxy) is 2. The van der Waals surface area contributed by atoms with Gasteiger partial charge in [-0.2, -0.15) is 4.31 Å². The molecule has 2 fully saturated rings. The van der Waals surface area contributed by atoms with Gasteiger partial charge in [-0.05, 0) is 31.0 Å². The van der Waals surface area contributed by atoms with Crippen LogP contribution in [0.15, 0.2) is 24.5 Å². The Morgan fingerprint density at radius 2 is 2.14 bits per heavy atom.